The van der Waals surface area contributed by atoms with Crippen LogP contribution in [0.4, 0.5) is 16.2 Å². The van der Waals surface area contributed by atoms with Crippen molar-refractivity contribution in [2.24, 2.45) is 7.05 Å². The molecule has 2 atom stereocenters. The van der Waals surface area contributed by atoms with E-state index < -0.39 is 18.0 Å². The summed E-state index contributed by atoms with van der Waals surface area (Å²) in [6.45, 7) is 1.62. The molecule has 8 nitrogen and oxygen atoms in total. The molecule has 3 heterocycles. The molecular weight excluding hydrogens is 447 g/mol. The van der Waals surface area contributed by atoms with Crippen LogP contribution in [0.25, 0.3) is 11.3 Å². The van der Waals surface area contributed by atoms with Crippen molar-refractivity contribution in [3.63, 3.8) is 0 Å². The minimum Gasteiger partial charge on any atom is -0.393 e. The van der Waals surface area contributed by atoms with Crippen LogP contribution in [-0.4, -0.2) is 35.5 Å². The average molecular weight is 469 g/mol. The van der Waals surface area contributed by atoms with Crippen LogP contribution in [0.3, 0.4) is 0 Å². The maximum absolute atomic E-state index is 14.1. The van der Waals surface area contributed by atoms with Gasteiger partial charge in [0, 0.05) is 37.1 Å². The summed E-state index contributed by atoms with van der Waals surface area (Å²) < 4.78 is 17.2. The molecule has 33 heavy (non-hydrogen) atoms. The molecule has 2 unspecified atom stereocenters. The smallest absolute Gasteiger partial charge is 0.251 e. The fourth-order valence-corrected chi connectivity index (χ4v) is 3.67. The Hall–Kier alpha value is -3.56. The molecule has 4 aromatic rings. The lowest BCUT2D eigenvalue weighted by Crippen LogP contribution is -2.27. The molecule has 0 bridgehead atoms. The molecule has 0 amide bonds. The molecule has 0 aliphatic heterocycles. The van der Waals surface area contributed by atoms with Crippen LogP contribution < -0.4 is 10.9 Å². The fourth-order valence-electron chi connectivity index (χ4n) is 3.55. The van der Waals surface area contributed by atoms with Gasteiger partial charge in [-0.1, -0.05) is 17.7 Å². The number of aromatic nitrogens is 5. The first-order valence-corrected chi connectivity index (χ1v) is 10.6. The monoisotopic (exact) mass is 468 g/mol. The van der Waals surface area contributed by atoms with Gasteiger partial charge in [0.2, 0.25) is 5.95 Å². The van der Waals surface area contributed by atoms with E-state index in [1.165, 1.54) is 22.8 Å². The third kappa shape index (κ3) is 5.10. The van der Waals surface area contributed by atoms with Gasteiger partial charge in [0.15, 0.2) is 0 Å². The number of aliphatic hydroxyl groups is 1. The predicted octanol–water partition coefficient (Wildman–Crippen LogP) is 3.94. The first-order valence-electron chi connectivity index (χ1n) is 10.3. The number of nitrogens with zero attached hydrogens (tertiary/aromatic N) is 5. The minimum absolute atomic E-state index is 0.00320. The van der Waals surface area contributed by atoms with E-state index in [0.717, 1.165) is 5.82 Å². The molecule has 1 aromatic carbocycles. The zero-order chi connectivity index (χ0) is 23.5. The van der Waals surface area contributed by atoms with Crippen molar-refractivity contribution in [1.82, 2.24) is 24.3 Å². The SMILES string of the molecule is CC(O)CC(c1ccc(Cl)c(F)c1)n1ccc(-c2ccnc(Nc3ccnn3C)n2)cc1=O. The van der Waals surface area contributed by atoms with Crippen molar-refractivity contribution >= 4 is 23.4 Å². The zero-order valence-electron chi connectivity index (χ0n) is 18.0. The summed E-state index contributed by atoms with van der Waals surface area (Å²) in [6.07, 6.45) is 4.39. The van der Waals surface area contributed by atoms with E-state index >= 15 is 0 Å². The summed E-state index contributed by atoms with van der Waals surface area (Å²) in [5, 5.41) is 17.2. The van der Waals surface area contributed by atoms with Crippen molar-refractivity contribution in [3.8, 4) is 11.3 Å². The quantitative estimate of drug-likeness (QED) is 0.426. The molecule has 4 rings (SSSR count). The maximum Gasteiger partial charge on any atom is 0.251 e. The summed E-state index contributed by atoms with van der Waals surface area (Å²) in [6, 6.07) is 10.5. The molecule has 0 aliphatic carbocycles. The van der Waals surface area contributed by atoms with Gasteiger partial charge in [-0.25, -0.2) is 14.4 Å². The summed E-state index contributed by atoms with van der Waals surface area (Å²) >= 11 is 5.81. The Morgan fingerprint density at radius 2 is 2.00 bits per heavy atom. The van der Waals surface area contributed by atoms with Gasteiger partial charge < -0.3 is 15.0 Å². The number of aliphatic hydroxyl groups excluding tert-OH is 1. The second-order valence-electron chi connectivity index (χ2n) is 7.67. The molecule has 3 aromatic heterocycles. The first-order chi connectivity index (χ1) is 15.8. The highest BCUT2D eigenvalue weighted by Crippen LogP contribution is 2.27. The van der Waals surface area contributed by atoms with Crippen molar-refractivity contribution in [2.45, 2.75) is 25.5 Å². The molecule has 2 N–H and O–H groups in total. The molecule has 0 aliphatic rings. The number of pyridine rings is 1. The molecule has 0 saturated carbocycles. The molecule has 0 saturated heterocycles. The van der Waals surface area contributed by atoms with Crippen molar-refractivity contribution in [3.05, 3.63) is 87.8 Å². The molecule has 0 fully saturated rings. The summed E-state index contributed by atoms with van der Waals surface area (Å²) in [5.74, 6) is 0.506. The van der Waals surface area contributed by atoms with Crippen molar-refractivity contribution in [1.29, 1.82) is 0 Å². The van der Waals surface area contributed by atoms with Gasteiger partial charge >= 0.3 is 0 Å². The number of anilines is 2. The first kappa shape index (κ1) is 22.6. The van der Waals surface area contributed by atoms with Gasteiger partial charge in [-0.05, 0) is 43.2 Å². The summed E-state index contributed by atoms with van der Waals surface area (Å²) in [5.41, 5.74) is 1.39. The Labute approximate surface area is 194 Å². The Morgan fingerprint density at radius 1 is 1.18 bits per heavy atom. The van der Waals surface area contributed by atoms with Gasteiger partial charge in [0.1, 0.15) is 11.6 Å². The zero-order valence-corrected chi connectivity index (χ0v) is 18.7. The van der Waals surface area contributed by atoms with E-state index in [0.29, 0.717) is 22.8 Å². The molecule has 170 valence electrons. The summed E-state index contributed by atoms with van der Waals surface area (Å²) in [7, 11) is 1.79. The largest absolute Gasteiger partial charge is 0.393 e. The maximum atomic E-state index is 14.1. The van der Waals surface area contributed by atoms with Crippen molar-refractivity contribution in [2.75, 3.05) is 5.32 Å². The Bertz CT molecular complexity index is 1340. The number of benzene rings is 1. The predicted molar refractivity (Wildman–Crippen MR) is 124 cm³/mol. The fraction of sp³-hybridized carbons (Fsp3) is 0.217. The second kappa shape index (κ2) is 9.51. The number of rotatable bonds is 7. The van der Waals surface area contributed by atoms with Crippen LogP contribution in [0.5, 0.6) is 0 Å². The molecule has 0 spiro atoms. The van der Waals surface area contributed by atoms with E-state index in [9.17, 15) is 14.3 Å². The molecule has 10 heteroatoms. The lowest BCUT2D eigenvalue weighted by atomic mass is 10.00. The number of nitrogens with one attached hydrogen (secondary N) is 1. The average Bonchev–Trinajstić information content (AvgIpc) is 3.18. The van der Waals surface area contributed by atoms with Gasteiger partial charge in [-0.3, -0.25) is 9.48 Å². The van der Waals surface area contributed by atoms with E-state index in [4.69, 9.17) is 11.6 Å². The lowest BCUT2D eigenvalue weighted by Gasteiger charge is -2.22. The van der Waals surface area contributed by atoms with Crippen LogP contribution in [0.15, 0.2) is 65.8 Å². The van der Waals surface area contributed by atoms with Gasteiger partial charge in [0.25, 0.3) is 5.56 Å². The number of hydrogen-bond donors (Lipinski definition) is 2. The van der Waals surface area contributed by atoms with Crippen molar-refractivity contribution < 1.29 is 9.50 Å². The minimum atomic E-state index is -0.706. The Balaban J connectivity index is 1.67. The highest BCUT2D eigenvalue weighted by atomic mass is 35.5. The highest BCUT2D eigenvalue weighted by molar-refractivity contribution is 6.30. The number of halogens is 2. The van der Waals surface area contributed by atoms with Crippen LogP contribution >= 0.6 is 11.6 Å². The standard InChI is InChI=1S/C23H22ClFN6O2/c1-14(32)11-20(16-3-4-17(24)18(25)12-16)31-10-7-15(13-22(31)33)19-5-8-26-23(28-19)29-21-6-9-27-30(21)2/h3-10,12-14,20,32H,11H2,1-2H3,(H,26,28,29). The Morgan fingerprint density at radius 3 is 2.67 bits per heavy atom. The van der Waals surface area contributed by atoms with Crippen LogP contribution in [0.1, 0.15) is 24.9 Å². The van der Waals surface area contributed by atoms with E-state index in [1.54, 1.807) is 61.5 Å². The third-order valence-electron chi connectivity index (χ3n) is 5.19. The van der Waals surface area contributed by atoms with Crippen LogP contribution in [-0.2, 0) is 7.05 Å². The van der Waals surface area contributed by atoms with Crippen LogP contribution in [0, 0.1) is 5.82 Å². The van der Waals surface area contributed by atoms with Gasteiger partial charge in [-0.2, -0.15) is 5.10 Å². The second-order valence-corrected chi connectivity index (χ2v) is 8.07. The Kier molecular flexibility index (Phi) is 6.52. The van der Waals surface area contributed by atoms with E-state index in [1.807, 2.05) is 0 Å². The van der Waals surface area contributed by atoms with Gasteiger partial charge in [-0.15, -0.1) is 0 Å². The van der Waals surface area contributed by atoms with Crippen LogP contribution in [0.2, 0.25) is 5.02 Å². The topological polar surface area (TPSA) is 97.9 Å². The van der Waals surface area contributed by atoms with Gasteiger partial charge in [0.05, 0.1) is 29.1 Å². The molecule has 0 radical (unpaired) electrons. The summed E-state index contributed by atoms with van der Waals surface area (Å²) in [4.78, 5) is 21.7. The number of aryl methyl sites for hydroxylation is 1. The lowest BCUT2D eigenvalue weighted by molar-refractivity contribution is 0.168. The molecular formula is C23H22ClFN6O2. The highest BCUT2D eigenvalue weighted by Gasteiger charge is 2.19. The van der Waals surface area contributed by atoms with E-state index in [2.05, 4.69) is 20.4 Å². The number of hydrogen-bond acceptors (Lipinski definition) is 6. The third-order valence-corrected chi connectivity index (χ3v) is 5.50. The van der Waals surface area contributed by atoms with E-state index in [-0.39, 0.29) is 17.0 Å². The normalized spacial score (nSPS) is 13.0.